The molecule has 0 unspecified atom stereocenters. The van der Waals surface area contributed by atoms with Crippen molar-refractivity contribution in [1.29, 1.82) is 5.26 Å². The first-order chi connectivity index (χ1) is 9.10. The number of aryl methyl sites for hydroxylation is 1. The quantitative estimate of drug-likeness (QED) is 0.917. The zero-order valence-electron chi connectivity index (χ0n) is 10.2. The summed E-state index contributed by atoms with van der Waals surface area (Å²) < 4.78 is 15.3. The molecule has 6 heteroatoms. The second kappa shape index (κ2) is 5.31. The third-order valence-corrected chi connectivity index (χ3v) is 2.43. The number of carbonyl (C=O) groups excluding carboxylic acids is 1. The van der Waals surface area contributed by atoms with Crippen molar-refractivity contribution in [3.8, 4) is 11.8 Å². The molecule has 0 aliphatic rings. The van der Waals surface area contributed by atoms with Gasteiger partial charge in [0, 0.05) is 11.9 Å². The minimum Gasteiger partial charge on any atom is -0.325 e. The molecule has 2 aromatic rings. The molecule has 0 aliphatic heterocycles. The highest BCUT2D eigenvalue weighted by Crippen LogP contribution is 2.18. The average molecular weight is 258 g/mol. The fraction of sp³-hybridized carbons (Fsp3) is 0.154. The molecular formula is C13H11FN4O. The van der Waals surface area contributed by atoms with E-state index in [1.165, 1.54) is 16.8 Å². The van der Waals surface area contributed by atoms with Crippen LogP contribution in [0, 0.1) is 24.1 Å². The zero-order chi connectivity index (χ0) is 13.8. The molecule has 0 saturated heterocycles. The van der Waals surface area contributed by atoms with E-state index in [9.17, 15) is 9.18 Å². The van der Waals surface area contributed by atoms with Crippen LogP contribution >= 0.6 is 0 Å². The Morgan fingerprint density at radius 3 is 2.95 bits per heavy atom. The van der Waals surface area contributed by atoms with Crippen LogP contribution in [0.15, 0.2) is 30.6 Å². The van der Waals surface area contributed by atoms with E-state index < -0.39 is 11.7 Å². The van der Waals surface area contributed by atoms with Crippen LogP contribution in [-0.4, -0.2) is 15.7 Å². The smallest absolute Gasteiger partial charge is 0.238 e. The maximum atomic E-state index is 13.9. The summed E-state index contributed by atoms with van der Waals surface area (Å²) in [6.07, 6.45) is 3.07. The molecule has 0 fully saturated rings. The van der Waals surface area contributed by atoms with Crippen LogP contribution in [0.2, 0.25) is 0 Å². The van der Waals surface area contributed by atoms with Gasteiger partial charge in [-0.15, -0.1) is 0 Å². The number of anilines is 1. The van der Waals surface area contributed by atoms with Crippen molar-refractivity contribution in [2.75, 3.05) is 5.32 Å². The normalized spacial score (nSPS) is 9.95. The number of rotatable bonds is 3. The van der Waals surface area contributed by atoms with Crippen LogP contribution < -0.4 is 5.32 Å². The van der Waals surface area contributed by atoms with Gasteiger partial charge in [0.05, 0.1) is 12.3 Å². The molecule has 0 atom stereocenters. The summed E-state index contributed by atoms with van der Waals surface area (Å²) in [6, 6.07) is 6.00. The highest BCUT2D eigenvalue weighted by molar-refractivity contribution is 5.92. The number of aromatic nitrogens is 2. The zero-order valence-corrected chi connectivity index (χ0v) is 10.2. The van der Waals surface area contributed by atoms with Crippen LogP contribution in [0.4, 0.5) is 10.1 Å². The molecule has 0 aliphatic carbocycles. The Balaban J connectivity index is 2.23. The molecule has 1 aromatic heterocycles. The lowest BCUT2D eigenvalue weighted by molar-refractivity contribution is -0.115. The van der Waals surface area contributed by atoms with E-state index in [2.05, 4.69) is 10.4 Å². The van der Waals surface area contributed by atoms with E-state index in [1.54, 1.807) is 24.5 Å². The molecule has 1 N–H and O–H groups in total. The summed E-state index contributed by atoms with van der Waals surface area (Å²) in [7, 11) is 0. The lowest BCUT2D eigenvalue weighted by Crippen LogP contribution is -2.10. The monoisotopic (exact) mass is 258 g/mol. The summed E-state index contributed by atoms with van der Waals surface area (Å²) in [4.78, 5) is 11.2. The molecule has 0 bridgehead atoms. The SMILES string of the molecule is Cc1cnn(-c2ccc(NC(=O)CC#N)cc2F)c1. The number of nitriles is 1. The first-order valence-corrected chi connectivity index (χ1v) is 5.58. The molecule has 0 saturated carbocycles. The number of halogens is 1. The topological polar surface area (TPSA) is 70.7 Å². The summed E-state index contributed by atoms with van der Waals surface area (Å²) in [5, 5.41) is 14.8. The Morgan fingerprint density at radius 2 is 2.37 bits per heavy atom. The van der Waals surface area contributed by atoms with Gasteiger partial charge in [-0.05, 0) is 30.7 Å². The Kier molecular flexibility index (Phi) is 3.57. The Morgan fingerprint density at radius 1 is 1.58 bits per heavy atom. The molecule has 19 heavy (non-hydrogen) atoms. The van der Waals surface area contributed by atoms with Gasteiger partial charge < -0.3 is 5.32 Å². The summed E-state index contributed by atoms with van der Waals surface area (Å²) in [5.74, 6) is -0.970. The van der Waals surface area contributed by atoms with E-state index >= 15 is 0 Å². The predicted octanol–water partition coefficient (Wildman–Crippen LogP) is 2.17. The standard InChI is InChI=1S/C13H11FN4O/c1-9-7-16-18(8-9)12-3-2-10(6-11(12)14)17-13(19)4-5-15/h2-3,6-8H,4H2,1H3,(H,17,19). The van der Waals surface area contributed by atoms with Gasteiger partial charge in [-0.1, -0.05) is 0 Å². The van der Waals surface area contributed by atoms with Gasteiger partial charge in [-0.25, -0.2) is 9.07 Å². The molecule has 1 heterocycles. The van der Waals surface area contributed by atoms with Crippen LogP contribution in [-0.2, 0) is 4.79 Å². The van der Waals surface area contributed by atoms with Gasteiger partial charge >= 0.3 is 0 Å². The summed E-state index contributed by atoms with van der Waals surface area (Å²) in [6.45, 7) is 1.86. The number of hydrogen-bond donors (Lipinski definition) is 1. The van der Waals surface area contributed by atoms with E-state index in [4.69, 9.17) is 5.26 Å². The maximum Gasteiger partial charge on any atom is 0.238 e. The van der Waals surface area contributed by atoms with Gasteiger partial charge in [-0.2, -0.15) is 10.4 Å². The molecule has 2 rings (SSSR count). The molecule has 1 aromatic carbocycles. The van der Waals surface area contributed by atoms with E-state index in [0.29, 0.717) is 11.4 Å². The Hall–Kier alpha value is -2.68. The first kappa shape index (κ1) is 12.8. The van der Waals surface area contributed by atoms with Crippen LogP contribution in [0.5, 0.6) is 0 Å². The van der Waals surface area contributed by atoms with Crippen molar-refractivity contribution < 1.29 is 9.18 Å². The second-order valence-electron chi connectivity index (χ2n) is 4.01. The lowest BCUT2D eigenvalue weighted by Gasteiger charge is -2.07. The number of nitrogens with one attached hydrogen (secondary N) is 1. The molecule has 96 valence electrons. The van der Waals surface area contributed by atoms with Gasteiger partial charge in [0.15, 0.2) is 5.82 Å². The highest BCUT2D eigenvalue weighted by Gasteiger charge is 2.08. The summed E-state index contributed by atoms with van der Waals surface area (Å²) >= 11 is 0. The van der Waals surface area contributed by atoms with Crippen LogP contribution in [0.25, 0.3) is 5.69 Å². The molecule has 0 spiro atoms. The van der Waals surface area contributed by atoms with Crippen molar-refractivity contribution in [2.45, 2.75) is 13.3 Å². The molecular weight excluding hydrogens is 247 g/mol. The van der Waals surface area contributed by atoms with E-state index in [-0.39, 0.29) is 6.42 Å². The number of carbonyl (C=O) groups is 1. The van der Waals surface area contributed by atoms with Gasteiger partial charge in [0.2, 0.25) is 5.91 Å². The summed E-state index contributed by atoms with van der Waals surface area (Å²) in [5.41, 5.74) is 1.53. The van der Waals surface area contributed by atoms with Gasteiger partial charge in [-0.3, -0.25) is 4.79 Å². The fourth-order valence-corrected chi connectivity index (χ4v) is 1.59. The molecule has 5 nitrogen and oxygen atoms in total. The minimum atomic E-state index is -0.502. The van der Waals surface area contributed by atoms with Gasteiger partial charge in [0.1, 0.15) is 12.1 Å². The fourth-order valence-electron chi connectivity index (χ4n) is 1.59. The third-order valence-electron chi connectivity index (χ3n) is 2.43. The first-order valence-electron chi connectivity index (χ1n) is 5.58. The highest BCUT2D eigenvalue weighted by atomic mass is 19.1. The van der Waals surface area contributed by atoms with Crippen molar-refractivity contribution in [1.82, 2.24) is 9.78 Å². The second-order valence-corrected chi connectivity index (χ2v) is 4.01. The third kappa shape index (κ3) is 2.96. The minimum absolute atomic E-state index is 0.262. The van der Waals surface area contributed by atoms with E-state index in [1.807, 2.05) is 6.92 Å². The maximum absolute atomic E-state index is 13.9. The van der Waals surface area contributed by atoms with Crippen molar-refractivity contribution in [3.05, 3.63) is 42.0 Å². The van der Waals surface area contributed by atoms with Crippen molar-refractivity contribution in [2.24, 2.45) is 0 Å². The van der Waals surface area contributed by atoms with Crippen molar-refractivity contribution >= 4 is 11.6 Å². The van der Waals surface area contributed by atoms with Crippen LogP contribution in [0.1, 0.15) is 12.0 Å². The number of amides is 1. The Labute approximate surface area is 109 Å². The number of benzene rings is 1. The lowest BCUT2D eigenvalue weighted by atomic mass is 10.2. The number of nitrogens with zero attached hydrogens (tertiary/aromatic N) is 3. The predicted molar refractivity (Wildman–Crippen MR) is 67.1 cm³/mol. The molecule has 1 amide bonds. The van der Waals surface area contributed by atoms with Crippen LogP contribution in [0.3, 0.4) is 0 Å². The van der Waals surface area contributed by atoms with Gasteiger partial charge in [0.25, 0.3) is 0 Å². The van der Waals surface area contributed by atoms with E-state index in [0.717, 1.165) is 5.56 Å². The molecule has 0 radical (unpaired) electrons. The Bertz CT molecular complexity index is 657. The largest absolute Gasteiger partial charge is 0.325 e. The number of hydrogen-bond acceptors (Lipinski definition) is 3. The average Bonchev–Trinajstić information content (AvgIpc) is 2.76. The van der Waals surface area contributed by atoms with Crippen molar-refractivity contribution in [3.63, 3.8) is 0 Å².